The monoisotopic (exact) mass is 404 g/mol. The standard InChI is InChI=1S/C21H28N2O4S/c1-17-10-11-19(28(25,26)23-13-4-2-3-5-14-23)16-20(17)21(24)22-12-6-8-18-9-7-15-27-18/h7,9-11,15-16H,2-6,8,12-14H2,1H3,(H,22,24). The SMILES string of the molecule is Cc1ccc(S(=O)(=O)N2CCCCCC2)cc1C(=O)NCCCc1ccco1. The van der Waals surface area contributed by atoms with E-state index in [1.807, 2.05) is 19.1 Å². The van der Waals surface area contributed by atoms with Crippen molar-refractivity contribution in [3.8, 4) is 0 Å². The summed E-state index contributed by atoms with van der Waals surface area (Å²) < 4.78 is 32.8. The Morgan fingerprint density at radius 2 is 1.89 bits per heavy atom. The van der Waals surface area contributed by atoms with Gasteiger partial charge in [-0.05, 0) is 56.0 Å². The van der Waals surface area contributed by atoms with Crippen molar-refractivity contribution in [1.82, 2.24) is 9.62 Å². The summed E-state index contributed by atoms with van der Waals surface area (Å²) in [6, 6.07) is 8.57. The van der Waals surface area contributed by atoms with E-state index in [1.54, 1.807) is 22.7 Å². The van der Waals surface area contributed by atoms with Gasteiger partial charge in [0.25, 0.3) is 5.91 Å². The van der Waals surface area contributed by atoms with Gasteiger partial charge in [0.05, 0.1) is 11.2 Å². The Labute approximate surface area is 167 Å². The molecule has 6 nitrogen and oxygen atoms in total. The average molecular weight is 405 g/mol. The molecule has 28 heavy (non-hydrogen) atoms. The average Bonchev–Trinajstić information content (AvgIpc) is 3.04. The van der Waals surface area contributed by atoms with Crippen molar-refractivity contribution in [2.45, 2.75) is 50.3 Å². The molecule has 152 valence electrons. The van der Waals surface area contributed by atoms with Crippen LogP contribution in [0.25, 0.3) is 0 Å². The molecule has 1 aromatic heterocycles. The maximum absolute atomic E-state index is 13.0. The lowest BCUT2D eigenvalue weighted by molar-refractivity contribution is 0.0952. The van der Waals surface area contributed by atoms with Crippen LogP contribution in [0.15, 0.2) is 45.9 Å². The highest BCUT2D eigenvalue weighted by Gasteiger charge is 2.26. The van der Waals surface area contributed by atoms with Crippen molar-refractivity contribution in [3.05, 3.63) is 53.5 Å². The predicted molar refractivity (Wildman–Crippen MR) is 108 cm³/mol. The van der Waals surface area contributed by atoms with Gasteiger partial charge in [-0.1, -0.05) is 18.9 Å². The van der Waals surface area contributed by atoms with Gasteiger partial charge >= 0.3 is 0 Å². The van der Waals surface area contributed by atoms with Gasteiger partial charge in [0.15, 0.2) is 0 Å². The van der Waals surface area contributed by atoms with Crippen LogP contribution in [0.4, 0.5) is 0 Å². The van der Waals surface area contributed by atoms with Gasteiger partial charge in [-0.2, -0.15) is 4.31 Å². The zero-order chi connectivity index (χ0) is 20.0. The smallest absolute Gasteiger partial charge is 0.251 e. The van der Waals surface area contributed by atoms with Gasteiger partial charge in [0.1, 0.15) is 5.76 Å². The Bertz CT molecular complexity index is 883. The van der Waals surface area contributed by atoms with Gasteiger partial charge in [0.2, 0.25) is 10.0 Å². The van der Waals surface area contributed by atoms with Crippen molar-refractivity contribution in [2.24, 2.45) is 0 Å². The normalized spacial score (nSPS) is 15.9. The molecule has 1 amide bonds. The molecule has 1 fully saturated rings. The Balaban J connectivity index is 1.67. The number of amides is 1. The Hall–Kier alpha value is -2.12. The molecular weight excluding hydrogens is 376 g/mol. The third kappa shape index (κ3) is 5.02. The summed E-state index contributed by atoms with van der Waals surface area (Å²) in [5, 5.41) is 2.88. The first-order valence-electron chi connectivity index (χ1n) is 9.90. The summed E-state index contributed by atoms with van der Waals surface area (Å²) in [4.78, 5) is 12.8. The minimum absolute atomic E-state index is 0.195. The highest BCUT2D eigenvalue weighted by atomic mass is 32.2. The number of carbonyl (C=O) groups excluding carboxylic acids is 1. The fraction of sp³-hybridized carbons (Fsp3) is 0.476. The van der Waals surface area contributed by atoms with Crippen molar-refractivity contribution in [2.75, 3.05) is 19.6 Å². The lowest BCUT2D eigenvalue weighted by Crippen LogP contribution is -2.32. The predicted octanol–water partition coefficient (Wildman–Crippen LogP) is 3.52. The van der Waals surface area contributed by atoms with E-state index < -0.39 is 10.0 Å². The molecule has 2 heterocycles. The summed E-state index contributed by atoms with van der Waals surface area (Å²) in [5.74, 6) is 0.640. The van der Waals surface area contributed by atoms with E-state index in [0.29, 0.717) is 25.2 Å². The number of hydrogen-bond acceptors (Lipinski definition) is 4. The Morgan fingerprint density at radius 3 is 2.57 bits per heavy atom. The zero-order valence-corrected chi connectivity index (χ0v) is 17.1. The van der Waals surface area contributed by atoms with E-state index >= 15 is 0 Å². The van der Waals surface area contributed by atoms with Crippen molar-refractivity contribution < 1.29 is 17.6 Å². The van der Waals surface area contributed by atoms with Crippen LogP contribution in [-0.4, -0.2) is 38.3 Å². The van der Waals surface area contributed by atoms with Crippen LogP contribution in [0.2, 0.25) is 0 Å². The largest absolute Gasteiger partial charge is 0.469 e. The summed E-state index contributed by atoms with van der Waals surface area (Å²) in [5.41, 5.74) is 1.17. The number of nitrogens with one attached hydrogen (secondary N) is 1. The molecule has 0 aliphatic carbocycles. The van der Waals surface area contributed by atoms with Gasteiger partial charge < -0.3 is 9.73 Å². The fourth-order valence-corrected chi connectivity index (χ4v) is 5.00. The van der Waals surface area contributed by atoms with Crippen LogP contribution in [-0.2, 0) is 16.4 Å². The summed E-state index contributed by atoms with van der Waals surface area (Å²) >= 11 is 0. The number of sulfonamides is 1. The van der Waals surface area contributed by atoms with E-state index in [2.05, 4.69) is 5.32 Å². The number of aryl methyl sites for hydroxylation is 2. The minimum atomic E-state index is -3.57. The number of furan rings is 1. The molecule has 0 radical (unpaired) electrons. The van der Waals surface area contributed by atoms with Crippen molar-refractivity contribution >= 4 is 15.9 Å². The quantitative estimate of drug-likeness (QED) is 0.716. The Morgan fingerprint density at radius 1 is 1.14 bits per heavy atom. The molecule has 0 spiro atoms. The van der Waals surface area contributed by atoms with Gasteiger partial charge in [-0.3, -0.25) is 4.79 Å². The van der Waals surface area contributed by atoms with Crippen LogP contribution in [0.5, 0.6) is 0 Å². The van der Waals surface area contributed by atoms with Crippen molar-refractivity contribution in [3.63, 3.8) is 0 Å². The maximum Gasteiger partial charge on any atom is 0.251 e. The van der Waals surface area contributed by atoms with Gasteiger partial charge in [-0.25, -0.2) is 8.42 Å². The molecule has 1 aromatic carbocycles. The zero-order valence-electron chi connectivity index (χ0n) is 16.3. The Kier molecular flexibility index (Phi) is 6.91. The first kappa shape index (κ1) is 20.6. The van der Waals surface area contributed by atoms with E-state index in [9.17, 15) is 13.2 Å². The first-order valence-corrected chi connectivity index (χ1v) is 11.3. The molecule has 0 atom stereocenters. The number of carbonyl (C=O) groups is 1. The topological polar surface area (TPSA) is 79.6 Å². The second-order valence-corrected chi connectivity index (χ2v) is 9.17. The van der Waals surface area contributed by atoms with Gasteiger partial charge in [-0.15, -0.1) is 0 Å². The number of benzene rings is 1. The van der Waals surface area contributed by atoms with E-state index in [4.69, 9.17) is 4.42 Å². The molecule has 1 saturated heterocycles. The van der Waals surface area contributed by atoms with Gasteiger partial charge in [0, 0.05) is 31.6 Å². The van der Waals surface area contributed by atoms with E-state index in [0.717, 1.165) is 49.8 Å². The van der Waals surface area contributed by atoms with E-state index in [1.165, 1.54) is 6.07 Å². The van der Waals surface area contributed by atoms with Crippen LogP contribution < -0.4 is 5.32 Å². The fourth-order valence-electron chi connectivity index (χ4n) is 3.45. The van der Waals surface area contributed by atoms with Crippen molar-refractivity contribution in [1.29, 1.82) is 0 Å². The van der Waals surface area contributed by atoms with Crippen LogP contribution in [0.1, 0.15) is 53.8 Å². The molecular formula is C21H28N2O4S. The van der Waals surface area contributed by atoms with Crippen LogP contribution in [0, 0.1) is 6.92 Å². The molecule has 1 aliphatic rings. The van der Waals surface area contributed by atoms with Crippen LogP contribution >= 0.6 is 0 Å². The first-order chi connectivity index (χ1) is 13.5. The molecule has 2 aromatic rings. The highest BCUT2D eigenvalue weighted by Crippen LogP contribution is 2.22. The molecule has 3 rings (SSSR count). The molecule has 1 N–H and O–H groups in total. The number of hydrogen-bond donors (Lipinski definition) is 1. The lowest BCUT2D eigenvalue weighted by atomic mass is 10.1. The van der Waals surface area contributed by atoms with Crippen LogP contribution in [0.3, 0.4) is 0 Å². The minimum Gasteiger partial charge on any atom is -0.469 e. The second-order valence-electron chi connectivity index (χ2n) is 7.23. The summed E-state index contributed by atoms with van der Waals surface area (Å²) in [6.07, 6.45) is 7.02. The summed E-state index contributed by atoms with van der Waals surface area (Å²) in [7, 11) is -3.57. The molecule has 7 heteroatoms. The second kappa shape index (κ2) is 9.39. The number of rotatable bonds is 7. The maximum atomic E-state index is 13.0. The lowest BCUT2D eigenvalue weighted by Gasteiger charge is -2.20. The highest BCUT2D eigenvalue weighted by molar-refractivity contribution is 7.89. The third-order valence-corrected chi connectivity index (χ3v) is 7.02. The molecule has 0 unspecified atom stereocenters. The number of nitrogens with zero attached hydrogens (tertiary/aromatic N) is 1. The third-order valence-electron chi connectivity index (χ3n) is 5.12. The molecule has 1 aliphatic heterocycles. The molecule has 0 saturated carbocycles. The van der Waals surface area contributed by atoms with E-state index in [-0.39, 0.29) is 10.8 Å². The summed E-state index contributed by atoms with van der Waals surface area (Å²) in [6.45, 7) is 3.41. The molecule has 0 bridgehead atoms.